The van der Waals surface area contributed by atoms with Crippen molar-refractivity contribution in [1.82, 2.24) is 5.32 Å². The van der Waals surface area contributed by atoms with E-state index in [1.54, 1.807) is 37.4 Å². The molecule has 1 aromatic heterocycles. The number of fused-ring (bicyclic) bond motifs is 1. The van der Waals surface area contributed by atoms with E-state index in [-0.39, 0.29) is 28.9 Å². The van der Waals surface area contributed by atoms with E-state index < -0.39 is 15.7 Å². The normalized spacial score (nSPS) is 17.6. The van der Waals surface area contributed by atoms with Crippen LogP contribution in [0.1, 0.15) is 39.2 Å². The van der Waals surface area contributed by atoms with Crippen molar-refractivity contribution in [3.05, 3.63) is 57.7 Å². The Balaban J connectivity index is 1.77. The van der Waals surface area contributed by atoms with Crippen LogP contribution in [0.3, 0.4) is 0 Å². The van der Waals surface area contributed by atoms with E-state index in [2.05, 4.69) is 10.6 Å². The summed E-state index contributed by atoms with van der Waals surface area (Å²) in [7, 11) is -2.13. The first-order valence-electron chi connectivity index (χ1n) is 9.75. The highest BCUT2D eigenvalue weighted by Crippen LogP contribution is 2.39. The fourth-order valence-corrected chi connectivity index (χ4v) is 6.53. The Kier molecular flexibility index (Phi) is 5.66. The minimum absolute atomic E-state index is 0.0926. The van der Waals surface area contributed by atoms with Crippen LogP contribution in [0.5, 0.6) is 0 Å². The smallest absolute Gasteiger partial charge is 0.292 e. The summed E-state index contributed by atoms with van der Waals surface area (Å²) in [5.41, 5.74) is 1.83. The second-order valence-electron chi connectivity index (χ2n) is 7.14. The minimum Gasteiger partial charge on any atom is -0.486 e. The summed E-state index contributed by atoms with van der Waals surface area (Å²) in [5, 5.41) is 5.83. The number of hydrogen-bond donors (Lipinski definition) is 2. The van der Waals surface area contributed by atoms with Gasteiger partial charge in [-0.05, 0) is 36.8 Å². The molecule has 4 rings (SSSR count). The predicted molar refractivity (Wildman–Crippen MR) is 116 cm³/mol. The number of benzene rings is 1. The van der Waals surface area contributed by atoms with Gasteiger partial charge in [-0.1, -0.05) is 30.3 Å². The molecule has 0 fully saturated rings. The van der Waals surface area contributed by atoms with Crippen LogP contribution in [-0.4, -0.2) is 39.6 Å². The Morgan fingerprint density at radius 2 is 1.80 bits per heavy atom. The molecule has 2 amide bonds. The van der Waals surface area contributed by atoms with Gasteiger partial charge in [0.25, 0.3) is 11.8 Å². The molecule has 2 aliphatic rings. The number of sulfone groups is 1. The van der Waals surface area contributed by atoms with Crippen LogP contribution in [0.2, 0.25) is 0 Å². The van der Waals surface area contributed by atoms with Gasteiger partial charge in [0.2, 0.25) is 5.76 Å². The molecule has 2 heterocycles. The largest absolute Gasteiger partial charge is 0.486 e. The molecule has 0 radical (unpaired) electrons. The lowest BCUT2D eigenvalue weighted by Crippen LogP contribution is -2.28. The third-order valence-corrected chi connectivity index (χ3v) is 8.16. The Hall–Kier alpha value is -2.65. The van der Waals surface area contributed by atoms with Crippen LogP contribution in [-0.2, 0) is 32.2 Å². The lowest BCUT2D eigenvalue weighted by atomic mass is 9.95. The first-order chi connectivity index (χ1) is 14.4. The van der Waals surface area contributed by atoms with Gasteiger partial charge in [-0.25, -0.2) is 8.42 Å². The number of amides is 2. The highest BCUT2D eigenvalue weighted by molar-refractivity contribution is 8.00. The maximum atomic E-state index is 13.1. The van der Waals surface area contributed by atoms with E-state index >= 15 is 0 Å². The van der Waals surface area contributed by atoms with Gasteiger partial charge in [0, 0.05) is 11.9 Å². The quantitative estimate of drug-likeness (QED) is 0.752. The molecule has 0 bridgehead atoms. The number of ether oxygens (including phenoxy) is 1. The number of hydrogen-bond acceptors (Lipinski definition) is 6. The topological polar surface area (TPSA) is 102 Å². The number of nitrogens with one attached hydrogen (secondary N) is 2. The Morgan fingerprint density at radius 1 is 1.07 bits per heavy atom. The number of rotatable bonds is 4. The predicted octanol–water partition coefficient (Wildman–Crippen LogP) is 2.74. The zero-order valence-electron chi connectivity index (χ0n) is 16.5. The fraction of sp³-hybridized carbons (Fsp3) is 0.333. The zero-order chi connectivity index (χ0) is 21.3. The van der Waals surface area contributed by atoms with Crippen LogP contribution in [0, 0.1) is 0 Å². The van der Waals surface area contributed by atoms with Gasteiger partial charge in [-0.3, -0.25) is 9.59 Å². The highest BCUT2D eigenvalue weighted by atomic mass is 32.2. The molecule has 0 spiro atoms. The zero-order valence-corrected chi connectivity index (χ0v) is 18.1. The van der Waals surface area contributed by atoms with Crippen LogP contribution < -0.4 is 10.6 Å². The standard InChI is InChI=1S/C21H22N2O5S2/c1-22-19(24)16-14-9-5-6-10-15(14)29-21(16)23-20(25)17-18(13-7-3-2-4-8-13)30(26,27)12-11-28-17/h2-4,7-8H,5-6,9-12H2,1H3,(H,22,24)(H,23,25). The molecular formula is C21H22N2O5S2. The van der Waals surface area contributed by atoms with Crippen LogP contribution in [0.15, 0.2) is 36.1 Å². The summed E-state index contributed by atoms with van der Waals surface area (Å²) >= 11 is 1.37. The number of carbonyl (C=O) groups is 2. The number of carbonyl (C=O) groups excluding carboxylic acids is 2. The summed E-state index contributed by atoms with van der Waals surface area (Å²) in [6, 6.07) is 8.45. The molecule has 0 saturated heterocycles. The molecule has 1 aromatic carbocycles. The molecule has 1 aliphatic carbocycles. The molecule has 2 aromatic rings. The molecule has 7 nitrogen and oxygen atoms in total. The van der Waals surface area contributed by atoms with Gasteiger partial charge >= 0.3 is 0 Å². The summed E-state index contributed by atoms with van der Waals surface area (Å²) in [5.74, 6) is -1.35. The molecule has 2 N–H and O–H groups in total. The van der Waals surface area contributed by atoms with Gasteiger partial charge < -0.3 is 15.4 Å². The monoisotopic (exact) mass is 446 g/mol. The third-order valence-electron chi connectivity index (χ3n) is 5.21. The molecular weight excluding hydrogens is 424 g/mol. The van der Waals surface area contributed by atoms with Crippen molar-refractivity contribution in [3.8, 4) is 0 Å². The Labute approximate surface area is 179 Å². The summed E-state index contributed by atoms with van der Waals surface area (Å²) in [6.07, 6.45) is 3.68. The SMILES string of the molecule is CNC(=O)c1c(NC(=O)C2=C(c3ccccc3)S(=O)(=O)CCO2)sc2c1CCCC2. The van der Waals surface area contributed by atoms with Crippen molar-refractivity contribution >= 4 is 42.9 Å². The molecule has 0 unspecified atom stereocenters. The van der Waals surface area contributed by atoms with Crippen molar-refractivity contribution < 1.29 is 22.7 Å². The van der Waals surface area contributed by atoms with Crippen LogP contribution in [0.4, 0.5) is 5.00 Å². The summed E-state index contributed by atoms with van der Waals surface area (Å²) < 4.78 is 31.0. The molecule has 9 heteroatoms. The first-order valence-corrected chi connectivity index (χ1v) is 12.2. The third kappa shape index (κ3) is 3.75. The Bertz CT molecular complexity index is 1130. The summed E-state index contributed by atoms with van der Waals surface area (Å²) in [6.45, 7) is -0.0926. The van der Waals surface area contributed by atoms with Gasteiger partial charge in [-0.2, -0.15) is 0 Å². The maximum Gasteiger partial charge on any atom is 0.292 e. The van der Waals surface area contributed by atoms with E-state index in [9.17, 15) is 18.0 Å². The van der Waals surface area contributed by atoms with E-state index in [0.29, 0.717) is 16.1 Å². The molecule has 1 aliphatic heterocycles. The van der Waals surface area contributed by atoms with Gasteiger partial charge in [0.15, 0.2) is 9.84 Å². The van der Waals surface area contributed by atoms with Gasteiger partial charge in [0.05, 0.1) is 11.3 Å². The Morgan fingerprint density at radius 3 is 2.53 bits per heavy atom. The maximum absolute atomic E-state index is 13.1. The fourth-order valence-electron chi connectivity index (χ4n) is 3.81. The average molecular weight is 447 g/mol. The lowest BCUT2D eigenvalue weighted by Gasteiger charge is -2.21. The lowest BCUT2D eigenvalue weighted by molar-refractivity contribution is -0.115. The number of anilines is 1. The second-order valence-corrected chi connectivity index (χ2v) is 10.3. The van der Waals surface area contributed by atoms with Crippen molar-refractivity contribution in [2.75, 3.05) is 24.7 Å². The molecule has 0 atom stereocenters. The van der Waals surface area contributed by atoms with Crippen molar-refractivity contribution in [3.63, 3.8) is 0 Å². The first kappa shape index (κ1) is 20.6. The molecule has 0 saturated carbocycles. The number of thiophene rings is 1. The van der Waals surface area contributed by atoms with E-state index in [1.807, 2.05) is 0 Å². The summed E-state index contributed by atoms with van der Waals surface area (Å²) in [4.78, 5) is 26.6. The number of aryl methyl sites for hydroxylation is 1. The second kappa shape index (κ2) is 8.23. The molecule has 30 heavy (non-hydrogen) atoms. The van der Waals surface area contributed by atoms with Gasteiger partial charge in [0.1, 0.15) is 16.5 Å². The van der Waals surface area contributed by atoms with Crippen LogP contribution >= 0.6 is 11.3 Å². The van der Waals surface area contributed by atoms with Crippen molar-refractivity contribution in [2.24, 2.45) is 0 Å². The minimum atomic E-state index is -3.68. The van der Waals surface area contributed by atoms with Gasteiger partial charge in [-0.15, -0.1) is 11.3 Å². The average Bonchev–Trinajstić information content (AvgIpc) is 3.10. The van der Waals surface area contributed by atoms with Crippen LogP contribution in [0.25, 0.3) is 4.91 Å². The van der Waals surface area contributed by atoms with E-state index in [0.717, 1.165) is 36.1 Å². The van der Waals surface area contributed by atoms with Crippen molar-refractivity contribution in [2.45, 2.75) is 25.7 Å². The van der Waals surface area contributed by atoms with E-state index in [4.69, 9.17) is 4.74 Å². The molecule has 158 valence electrons. The van der Waals surface area contributed by atoms with Crippen molar-refractivity contribution in [1.29, 1.82) is 0 Å². The van der Waals surface area contributed by atoms with E-state index in [1.165, 1.54) is 11.3 Å². The highest BCUT2D eigenvalue weighted by Gasteiger charge is 2.34.